The lowest BCUT2D eigenvalue weighted by molar-refractivity contribution is -0.120. The van der Waals surface area contributed by atoms with Gasteiger partial charge >= 0.3 is 0 Å². The number of nitrogens with two attached hydrogens (primary N) is 1. The van der Waals surface area contributed by atoms with Crippen molar-refractivity contribution in [2.75, 3.05) is 5.73 Å². The van der Waals surface area contributed by atoms with Crippen molar-refractivity contribution < 1.29 is 4.79 Å². The topological polar surface area (TPSA) is 80.9 Å². The van der Waals surface area contributed by atoms with E-state index in [-0.39, 0.29) is 11.2 Å². The van der Waals surface area contributed by atoms with E-state index in [0.717, 1.165) is 5.56 Å². The Kier molecular flexibility index (Phi) is 4.75. The number of benzene rings is 1. The summed E-state index contributed by atoms with van der Waals surface area (Å²) in [7, 11) is 0. The third-order valence-corrected chi connectivity index (χ3v) is 4.32. The van der Waals surface area contributed by atoms with Gasteiger partial charge in [0.2, 0.25) is 11.0 Å². The maximum atomic E-state index is 11.9. The number of amides is 1. The van der Waals surface area contributed by atoms with Gasteiger partial charge in [0.15, 0.2) is 4.34 Å². The molecule has 0 aliphatic heterocycles. The first kappa shape index (κ1) is 13.8. The van der Waals surface area contributed by atoms with Crippen LogP contribution < -0.4 is 11.1 Å². The van der Waals surface area contributed by atoms with E-state index >= 15 is 0 Å². The molecule has 7 heteroatoms. The number of carbonyl (C=O) groups is 1. The zero-order valence-electron chi connectivity index (χ0n) is 10.4. The Labute approximate surface area is 119 Å². The van der Waals surface area contributed by atoms with Crippen LogP contribution in [0.2, 0.25) is 0 Å². The summed E-state index contributed by atoms with van der Waals surface area (Å²) in [5, 5.41) is 10.7. The number of thioether (sulfide) groups is 1. The van der Waals surface area contributed by atoms with Crippen LogP contribution in [0.25, 0.3) is 0 Å². The summed E-state index contributed by atoms with van der Waals surface area (Å²) >= 11 is 2.65. The monoisotopic (exact) mass is 294 g/mol. The average molecular weight is 294 g/mol. The zero-order chi connectivity index (χ0) is 13.7. The highest BCUT2D eigenvalue weighted by atomic mass is 32.2. The van der Waals surface area contributed by atoms with Crippen molar-refractivity contribution in [3.05, 3.63) is 35.9 Å². The van der Waals surface area contributed by atoms with Crippen LogP contribution in [0.15, 0.2) is 34.7 Å². The number of carbonyl (C=O) groups excluding carboxylic acids is 1. The van der Waals surface area contributed by atoms with Crippen molar-refractivity contribution in [1.29, 1.82) is 0 Å². The molecule has 5 nitrogen and oxygen atoms in total. The van der Waals surface area contributed by atoms with Gasteiger partial charge in [-0.1, -0.05) is 53.4 Å². The van der Waals surface area contributed by atoms with Gasteiger partial charge in [-0.3, -0.25) is 4.79 Å². The smallest absolute Gasteiger partial charge is 0.233 e. The van der Waals surface area contributed by atoms with E-state index in [1.807, 2.05) is 37.3 Å². The van der Waals surface area contributed by atoms with Crippen LogP contribution in [-0.4, -0.2) is 21.4 Å². The van der Waals surface area contributed by atoms with Gasteiger partial charge in [-0.15, -0.1) is 10.2 Å². The van der Waals surface area contributed by atoms with Crippen molar-refractivity contribution >= 4 is 34.1 Å². The standard InChI is InChI=1S/C12H14N4OS2/c1-8(18-12-16-15-11(13)19-12)10(17)14-7-9-5-3-2-4-6-9/h2-6,8H,7H2,1H3,(H2,13,15)(H,14,17)/t8-/m1/s1. The zero-order valence-corrected chi connectivity index (χ0v) is 12.0. The molecule has 2 rings (SSSR count). The molecule has 0 fully saturated rings. The number of rotatable bonds is 5. The van der Waals surface area contributed by atoms with Crippen LogP contribution in [0.5, 0.6) is 0 Å². The Balaban J connectivity index is 1.82. The lowest BCUT2D eigenvalue weighted by Crippen LogP contribution is -2.30. The molecule has 1 heterocycles. The molecule has 19 heavy (non-hydrogen) atoms. The molecule has 1 aromatic heterocycles. The highest BCUT2D eigenvalue weighted by molar-refractivity contribution is 8.02. The van der Waals surface area contributed by atoms with E-state index < -0.39 is 0 Å². The summed E-state index contributed by atoms with van der Waals surface area (Å²) in [6, 6.07) is 9.80. The fraction of sp³-hybridized carbons (Fsp3) is 0.250. The van der Waals surface area contributed by atoms with Gasteiger partial charge in [-0.05, 0) is 12.5 Å². The van der Waals surface area contributed by atoms with Crippen LogP contribution >= 0.6 is 23.1 Å². The maximum Gasteiger partial charge on any atom is 0.233 e. The number of nitrogens with one attached hydrogen (secondary N) is 1. The Morgan fingerprint density at radius 1 is 1.42 bits per heavy atom. The van der Waals surface area contributed by atoms with Gasteiger partial charge < -0.3 is 11.1 Å². The molecule has 1 atom stereocenters. The fourth-order valence-electron chi connectivity index (χ4n) is 1.40. The van der Waals surface area contributed by atoms with E-state index in [9.17, 15) is 4.79 Å². The molecule has 1 amide bonds. The van der Waals surface area contributed by atoms with Crippen molar-refractivity contribution in [3.63, 3.8) is 0 Å². The predicted molar refractivity (Wildman–Crippen MR) is 77.9 cm³/mol. The Bertz CT molecular complexity index is 544. The predicted octanol–water partition coefficient (Wildman–Crippen LogP) is 1.92. The molecule has 0 spiro atoms. The minimum atomic E-state index is -0.226. The second kappa shape index (κ2) is 6.53. The maximum absolute atomic E-state index is 11.9. The van der Waals surface area contributed by atoms with Crippen LogP contribution in [0.3, 0.4) is 0 Å². The highest BCUT2D eigenvalue weighted by Crippen LogP contribution is 2.27. The second-order valence-electron chi connectivity index (χ2n) is 3.87. The van der Waals surface area contributed by atoms with Crippen molar-refractivity contribution in [1.82, 2.24) is 15.5 Å². The van der Waals surface area contributed by atoms with Crippen LogP contribution in [-0.2, 0) is 11.3 Å². The van der Waals surface area contributed by atoms with Gasteiger partial charge in [-0.2, -0.15) is 0 Å². The summed E-state index contributed by atoms with van der Waals surface area (Å²) in [6.07, 6.45) is 0. The molecule has 100 valence electrons. The molecule has 0 aliphatic rings. The third-order valence-electron chi connectivity index (χ3n) is 2.38. The van der Waals surface area contributed by atoms with E-state index in [2.05, 4.69) is 15.5 Å². The van der Waals surface area contributed by atoms with E-state index in [1.54, 1.807) is 0 Å². The van der Waals surface area contributed by atoms with E-state index in [4.69, 9.17) is 5.73 Å². The van der Waals surface area contributed by atoms with Crippen LogP contribution in [0.4, 0.5) is 5.13 Å². The fourth-order valence-corrected chi connectivity index (χ4v) is 3.21. The largest absolute Gasteiger partial charge is 0.374 e. The number of hydrogen-bond donors (Lipinski definition) is 2. The van der Waals surface area contributed by atoms with Crippen molar-refractivity contribution in [3.8, 4) is 0 Å². The molecular formula is C12H14N4OS2. The summed E-state index contributed by atoms with van der Waals surface area (Å²) < 4.78 is 0.708. The summed E-state index contributed by atoms with van der Waals surface area (Å²) in [4.78, 5) is 11.9. The van der Waals surface area contributed by atoms with Crippen molar-refractivity contribution in [2.24, 2.45) is 0 Å². The molecule has 0 radical (unpaired) electrons. The lowest BCUT2D eigenvalue weighted by atomic mass is 10.2. The average Bonchev–Trinajstić information content (AvgIpc) is 2.82. The summed E-state index contributed by atoms with van der Waals surface area (Å²) in [5.74, 6) is -0.0253. The first-order chi connectivity index (χ1) is 9.15. The molecule has 0 saturated carbocycles. The molecular weight excluding hydrogens is 280 g/mol. The molecule has 0 unspecified atom stereocenters. The number of nitrogens with zero attached hydrogens (tertiary/aromatic N) is 2. The van der Waals surface area contributed by atoms with Crippen molar-refractivity contribution in [2.45, 2.75) is 23.1 Å². The quantitative estimate of drug-likeness (QED) is 0.823. The summed E-state index contributed by atoms with van der Waals surface area (Å²) in [6.45, 7) is 2.37. The Morgan fingerprint density at radius 2 is 2.16 bits per heavy atom. The summed E-state index contributed by atoms with van der Waals surface area (Å²) in [5.41, 5.74) is 6.57. The van der Waals surface area contributed by atoms with E-state index in [0.29, 0.717) is 16.0 Å². The molecule has 2 aromatic rings. The van der Waals surface area contributed by atoms with Crippen LogP contribution in [0.1, 0.15) is 12.5 Å². The highest BCUT2D eigenvalue weighted by Gasteiger charge is 2.16. The van der Waals surface area contributed by atoms with Gasteiger partial charge in [0.1, 0.15) is 0 Å². The molecule has 0 saturated heterocycles. The molecule has 0 bridgehead atoms. The first-order valence-electron chi connectivity index (χ1n) is 5.72. The first-order valence-corrected chi connectivity index (χ1v) is 7.42. The number of aromatic nitrogens is 2. The van der Waals surface area contributed by atoms with E-state index in [1.165, 1.54) is 23.1 Å². The Morgan fingerprint density at radius 3 is 2.79 bits per heavy atom. The molecule has 1 aromatic carbocycles. The van der Waals surface area contributed by atoms with Gasteiger partial charge in [0.05, 0.1) is 5.25 Å². The minimum Gasteiger partial charge on any atom is -0.374 e. The normalized spacial score (nSPS) is 12.1. The Hall–Kier alpha value is -1.60. The number of anilines is 1. The third kappa shape index (κ3) is 4.22. The second-order valence-corrected chi connectivity index (χ2v) is 6.47. The van der Waals surface area contributed by atoms with Crippen LogP contribution in [0, 0.1) is 0 Å². The minimum absolute atomic E-state index is 0.0253. The van der Waals surface area contributed by atoms with Gasteiger partial charge in [-0.25, -0.2) is 0 Å². The van der Waals surface area contributed by atoms with Gasteiger partial charge in [0.25, 0.3) is 0 Å². The SMILES string of the molecule is C[C@@H](Sc1nnc(N)s1)C(=O)NCc1ccccc1. The molecule has 3 N–H and O–H groups in total. The lowest BCUT2D eigenvalue weighted by Gasteiger charge is -2.10. The molecule has 0 aliphatic carbocycles. The van der Waals surface area contributed by atoms with Gasteiger partial charge in [0, 0.05) is 6.54 Å². The number of nitrogen functional groups attached to an aromatic ring is 1. The number of hydrogen-bond acceptors (Lipinski definition) is 6.